The second-order valence-corrected chi connectivity index (χ2v) is 10.2. The molecule has 1 fully saturated rings. The quantitative estimate of drug-likeness (QED) is 0.174. The van der Waals surface area contributed by atoms with Gasteiger partial charge in [0.1, 0.15) is 0 Å². The molecule has 1 aliphatic heterocycles. The van der Waals surface area contributed by atoms with Gasteiger partial charge in [-0.3, -0.25) is 4.79 Å². The molecule has 0 aromatic heterocycles. The molecule has 1 heterocycles. The van der Waals surface area contributed by atoms with E-state index in [-0.39, 0.29) is 22.2 Å². The zero-order valence-corrected chi connectivity index (χ0v) is 18.5. The predicted molar refractivity (Wildman–Crippen MR) is 105 cm³/mol. The highest BCUT2D eigenvalue weighted by molar-refractivity contribution is 5.69. The smallest absolute Gasteiger partial charge is 0.383 e. The molecule has 0 bridgehead atoms. The Kier molecular flexibility index (Phi) is 8.16. The number of unbranched alkanes of at least 4 members (excludes halogenated alkanes) is 5. The minimum atomic E-state index is -1.10. The molecule has 0 saturated carbocycles. The second-order valence-electron chi connectivity index (χ2n) is 10.2. The van der Waals surface area contributed by atoms with Crippen LogP contribution in [0.25, 0.3) is 0 Å². The van der Waals surface area contributed by atoms with Crippen molar-refractivity contribution in [1.82, 2.24) is 0 Å². The molecule has 1 rings (SSSR count). The van der Waals surface area contributed by atoms with Crippen LogP contribution in [-0.4, -0.2) is 11.9 Å². The Hall–Kier alpha value is -0.610. The summed E-state index contributed by atoms with van der Waals surface area (Å²) >= 11 is 0. The number of carbonyl (C=O) groups is 1. The predicted octanol–water partition coefficient (Wildman–Crippen LogP) is 6.77. The summed E-state index contributed by atoms with van der Waals surface area (Å²) in [5.74, 6) is -1.32. The van der Waals surface area contributed by atoms with Gasteiger partial charge in [-0.1, -0.05) is 87.5 Å². The summed E-state index contributed by atoms with van der Waals surface area (Å²) < 4.78 is 5.51. The highest BCUT2D eigenvalue weighted by atomic mass is 17.5. The Balaban J connectivity index is 2.43. The van der Waals surface area contributed by atoms with Crippen molar-refractivity contribution in [2.24, 2.45) is 16.2 Å². The molecule has 0 unspecified atom stereocenters. The number of carbonyl (C=O) groups excluding carboxylic acids is 1. The van der Waals surface area contributed by atoms with E-state index in [0.717, 1.165) is 19.3 Å². The Labute approximate surface area is 161 Å². The van der Waals surface area contributed by atoms with Crippen LogP contribution < -0.4 is 0 Å². The summed E-state index contributed by atoms with van der Waals surface area (Å²) in [4.78, 5) is 22.4. The summed E-state index contributed by atoms with van der Waals surface area (Å²) in [7, 11) is 0. The number of ether oxygens (including phenoxy) is 1. The first-order valence-corrected chi connectivity index (χ1v) is 10.5. The molecule has 0 radical (unpaired) electrons. The Morgan fingerprint density at radius 3 is 1.81 bits per heavy atom. The summed E-state index contributed by atoms with van der Waals surface area (Å²) in [5.41, 5.74) is 0.194. The van der Waals surface area contributed by atoms with E-state index >= 15 is 0 Å². The molecular weight excluding hydrogens is 328 g/mol. The SMILES string of the molecule is CCCCCCCCC1(OC(=O)CCC(C)(C(C)(C)C)C(C)(C)C)OO1. The highest BCUT2D eigenvalue weighted by Crippen LogP contribution is 2.54. The summed E-state index contributed by atoms with van der Waals surface area (Å²) in [6.07, 6.45) is 8.89. The fraction of sp³-hybridized carbons (Fsp3) is 0.955. The van der Waals surface area contributed by atoms with Crippen LogP contribution in [0.5, 0.6) is 0 Å². The number of hydrogen-bond acceptors (Lipinski definition) is 4. The zero-order valence-electron chi connectivity index (χ0n) is 18.5. The van der Waals surface area contributed by atoms with Crippen LogP contribution in [0.2, 0.25) is 0 Å². The van der Waals surface area contributed by atoms with Crippen LogP contribution in [0.3, 0.4) is 0 Å². The first kappa shape index (κ1) is 23.4. The molecule has 4 heteroatoms. The van der Waals surface area contributed by atoms with E-state index in [0.29, 0.717) is 12.8 Å². The normalized spacial score (nSPS) is 17.2. The summed E-state index contributed by atoms with van der Waals surface area (Å²) in [6.45, 7) is 18.0. The molecule has 0 N–H and O–H groups in total. The molecule has 26 heavy (non-hydrogen) atoms. The molecular formula is C22H42O4. The van der Waals surface area contributed by atoms with E-state index in [1.165, 1.54) is 25.7 Å². The molecule has 1 aliphatic rings. The molecule has 0 aromatic rings. The average Bonchev–Trinajstić information content (AvgIpc) is 3.25. The fourth-order valence-electron chi connectivity index (χ4n) is 3.79. The van der Waals surface area contributed by atoms with E-state index in [1.807, 2.05) is 0 Å². The van der Waals surface area contributed by atoms with Crippen LogP contribution in [0, 0.1) is 16.2 Å². The lowest BCUT2D eigenvalue weighted by Gasteiger charge is -2.51. The third kappa shape index (κ3) is 6.53. The molecule has 4 nitrogen and oxygen atoms in total. The second kappa shape index (κ2) is 9.05. The molecule has 0 amide bonds. The van der Waals surface area contributed by atoms with Gasteiger partial charge in [0, 0.05) is 12.8 Å². The van der Waals surface area contributed by atoms with Crippen molar-refractivity contribution in [2.75, 3.05) is 0 Å². The van der Waals surface area contributed by atoms with Crippen molar-refractivity contribution >= 4 is 5.97 Å². The summed E-state index contributed by atoms with van der Waals surface area (Å²) in [6, 6.07) is 0. The van der Waals surface area contributed by atoms with Crippen LogP contribution in [0.15, 0.2) is 0 Å². The van der Waals surface area contributed by atoms with Gasteiger partial charge in [0.2, 0.25) is 0 Å². The van der Waals surface area contributed by atoms with Gasteiger partial charge in [0.15, 0.2) is 0 Å². The Bertz CT molecular complexity index is 424. The summed E-state index contributed by atoms with van der Waals surface area (Å²) in [5, 5.41) is 0. The Morgan fingerprint density at radius 1 is 0.846 bits per heavy atom. The van der Waals surface area contributed by atoms with Gasteiger partial charge < -0.3 is 4.74 Å². The van der Waals surface area contributed by atoms with Crippen molar-refractivity contribution in [1.29, 1.82) is 0 Å². The number of esters is 1. The lowest BCUT2D eigenvalue weighted by atomic mass is 9.53. The van der Waals surface area contributed by atoms with Crippen LogP contribution in [0.1, 0.15) is 113 Å². The number of rotatable bonds is 11. The van der Waals surface area contributed by atoms with Gasteiger partial charge in [0.05, 0.1) is 0 Å². The monoisotopic (exact) mass is 370 g/mol. The van der Waals surface area contributed by atoms with Gasteiger partial charge in [-0.15, -0.1) is 0 Å². The van der Waals surface area contributed by atoms with Gasteiger partial charge in [-0.2, -0.15) is 9.78 Å². The highest BCUT2D eigenvalue weighted by Gasteiger charge is 2.53. The van der Waals surface area contributed by atoms with E-state index in [1.54, 1.807) is 0 Å². The average molecular weight is 371 g/mol. The maximum absolute atomic E-state index is 12.4. The molecule has 0 atom stereocenters. The van der Waals surface area contributed by atoms with E-state index in [2.05, 4.69) is 55.4 Å². The minimum Gasteiger partial charge on any atom is -0.404 e. The van der Waals surface area contributed by atoms with Crippen molar-refractivity contribution < 1.29 is 19.3 Å². The third-order valence-electron chi connectivity index (χ3n) is 6.51. The van der Waals surface area contributed by atoms with Gasteiger partial charge in [-0.25, -0.2) is 0 Å². The van der Waals surface area contributed by atoms with Gasteiger partial charge >= 0.3 is 11.9 Å². The van der Waals surface area contributed by atoms with E-state index in [4.69, 9.17) is 14.5 Å². The lowest BCUT2D eigenvalue weighted by Crippen LogP contribution is -2.44. The van der Waals surface area contributed by atoms with Gasteiger partial charge in [-0.05, 0) is 29.1 Å². The van der Waals surface area contributed by atoms with Crippen molar-refractivity contribution in [2.45, 2.75) is 119 Å². The third-order valence-corrected chi connectivity index (χ3v) is 6.51. The largest absolute Gasteiger partial charge is 0.404 e. The van der Waals surface area contributed by atoms with Crippen LogP contribution in [-0.2, 0) is 19.3 Å². The number of hydrogen-bond donors (Lipinski definition) is 0. The maximum atomic E-state index is 12.4. The first-order valence-electron chi connectivity index (χ1n) is 10.5. The Morgan fingerprint density at radius 2 is 1.35 bits per heavy atom. The minimum absolute atomic E-state index is 0.0106. The lowest BCUT2D eigenvalue weighted by molar-refractivity contribution is -0.164. The molecule has 0 aliphatic carbocycles. The standard InChI is InChI=1S/C22H42O4/c1-9-10-11-12-13-14-16-22(25-26-22)24-18(23)15-17-21(8,19(2,3)4)20(5,6)7/h9-17H2,1-8H3. The maximum Gasteiger partial charge on any atom is 0.383 e. The first-order chi connectivity index (χ1) is 11.9. The van der Waals surface area contributed by atoms with Gasteiger partial charge in [0.25, 0.3) is 0 Å². The van der Waals surface area contributed by atoms with Crippen molar-refractivity contribution in [3.63, 3.8) is 0 Å². The topological polar surface area (TPSA) is 51.4 Å². The van der Waals surface area contributed by atoms with Crippen molar-refractivity contribution in [3.05, 3.63) is 0 Å². The van der Waals surface area contributed by atoms with Crippen LogP contribution >= 0.6 is 0 Å². The van der Waals surface area contributed by atoms with Crippen LogP contribution in [0.4, 0.5) is 0 Å². The zero-order chi connectivity index (χ0) is 20.1. The van der Waals surface area contributed by atoms with E-state index < -0.39 is 5.97 Å². The fourth-order valence-corrected chi connectivity index (χ4v) is 3.79. The molecule has 1 saturated heterocycles. The molecule has 154 valence electrons. The molecule has 0 aromatic carbocycles. The molecule has 0 spiro atoms. The van der Waals surface area contributed by atoms with Crippen molar-refractivity contribution in [3.8, 4) is 0 Å². The van der Waals surface area contributed by atoms with E-state index in [9.17, 15) is 4.79 Å².